The Hall–Kier alpha value is -2.08. The molecule has 1 amide bonds. The molecule has 25 heavy (non-hydrogen) atoms. The van der Waals surface area contributed by atoms with E-state index in [2.05, 4.69) is 58.5 Å². The summed E-state index contributed by atoms with van der Waals surface area (Å²) in [5.41, 5.74) is 7.90. The molecule has 1 saturated heterocycles. The lowest BCUT2D eigenvalue weighted by Crippen LogP contribution is -2.46. The van der Waals surface area contributed by atoms with Gasteiger partial charge in [0.2, 0.25) is 5.91 Å². The van der Waals surface area contributed by atoms with Crippen LogP contribution >= 0.6 is 0 Å². The first-order valence-electron chi connectivity index (χ1n) is 8.94. The van der Waals surface area contributed by atoms with Crippen LogP contribution in [0.4, 0.5) is 0 Å². The van der Waals surface area contributed by atoms with Crippen molar-refractivity contribution in [2.75, 3.05) is 34.2 Å². The van der Waals surface area contributed by atoms with Crippen molar-refractivity contribution >= 4 is 11.9 Å². The summed E-state index contributed by atoms with van der Waals surface area (Å²) in [6.45, 7) is 3.48. The molecule has 1 aromatic carbocycles. The number of carbonyl (C=O) groups excluding carboxylic acids is 1. The van der Waals surface area contributed by atoms with Crippen LogP contribution in [0.2, 0.25) is 0 Å². The quantitative estimate of drug-likeness (QED) is 0.604. The van der Waals surface area contributed by atoms with Crippen molar-refractivity contribution < 1.29 is 4.79 Å². The minimum Gasteiger partial charge on any atom is -0.370 e. The molecule has 1 aliphatic heterocycles. The molecule has 6 heteroatoms. The first-order chi connectivity index (χ1) is 12.0. The summed E-state index contributed by atoms with van der Waals surface area (Å²) < 4.78 is 0. The highest BCUT2D eigenvalue weighted by atomic mass is 16.1. The van der Waals surface area contributed by atoms with Crippen molar-refractivity contribution in [3.05, 3.63) is 35.4 Å². The number of piperidine rings is 1. The van der Waals surface area contributed by atoms with Gasteiger partial charge >= 0.3 is 0 Å². The highest BCUT2D eigenvalue weighted by Gasteiger charge is 2.23. The fourth-order valence-electron chi connectivity index (χ4n) is 3.43. The Labute approximate surface area is 151 Å². The van der Waals surface area contributed by atoms with Crippen molar-refractivity contribution in [3.8, 4) is 0 Å². The molecule has 0 aliphatic carbocycles. The summed E-state index contributed by atoms with van der Waals surface area (Å²) >= 11 is 0. The van der Waals surface area contributed by atoms with Crippen molar-refractivity contribution in [2.24, 2.45) is 16.6 Å². The molecule has 1 unspecified atom stereocenters. The summed E-state index contributed by atoms with van der Waals surface area (Å²) in [5, 5.41) is 3.46. The molecule has 3 N–H and O–H groups in total. The number of benzene rings is 1. The van der Waals surface area contributed by atoms with E-state index >= 15 is 0 Å². The number of primary amides is 1. The van der Waals surface area contributed by atoms with E-state index in [0.29, 0.717) is 12.3 Å². The van der Waals surface area contributed by atoms with Gasteiger partial charge in [-0.3, -0.25) is 9.79 Å². The number of guanidine groups is 1. The standard InChI is InChI=1S/C19H31N5O/c1-21-19(24-9-5-8-17(14-24)11-18(20)25)22-12-15-6-4-7-16(10-15)13-23(2)3/h4,6-7,10,17H,5,8-9,11-14H2,1-3H3,(H2,20,25)(H,21,22). The van der Waals surface area contributed by atoms with Crippen LogP contribution in [-0.4, -0.2) is 55.9 Å². The molecule has 0 saturated carbocycles. The predicted octanol–water partition coefficient (Wildman–Crippen LogP) is 1.41. The SMILES string of the molecule is CN=C(NCc1cccc(CN(C)C)c1)N1CCCC(CC(N)=O)C1. The monoisotopic (exact) mass is 345 g/mol. The maximum Gasteiger partial charge on any atom is 0.217 e. The summed E-state index contributed by atoms with van der Waals surface area (Å²) in [6.07, 6.45) is 2.58. The Morgan fingerprint density at radius 2 is 2.16 bits per heavy atom. The number of aliphatic imine (C=N–C) groups is 1. The fourth-order valence-corrected chi connectivity index (χ4v) is 3.43. The van der Waals surface area contributed by atoms with Crippen LogP contribution in [0.1, 0.15) is 30.4 Å². The molecular formula is C19H31N5O. The van der Waals surface area contributed by atoms with Crippen molar-refractivity contribution in [1.82, 2.24) is 15.1 Å². The Kier molecular flexibility index (Phi) is 7.25. The van der Waals surface area contributed by atoms with Gasteiger partial charge in [0.1, 0.15) is 0 Å². The van der Waals surface area contributed by atoms with Crippen LogP contribution in [0.15, 0.2) is 29.3 Å². The van der Waals surface area contributed by atoms with E-state index in [1.165, 1.54) is 11.1 Å². The van der Waals surface area contributed by atoms with Crippen LogP contribution in [0.5, 0.6) is 0 Å². The third kappa shape index (κ3) is 6.38. The molecule has 0 spiro atoms. The van der Waals surface area contributed by atoms with Crippen molar-refractivity contribution in [1.29, 1.82) is 0 Å². The zero-order valence-corrected chi connectivity index (χ0v) is 15.7. The van der Waals surface area contributed by atoms with Crippen LogP contribution in [-0.2, 0) is 17.9 Å². The minimum absolute atomic E-state index is 0.215. The first-order valence-corrected chi connectivity index (χ1v) is 8.94. The number of carbonyl (C=O) groups is 1. The summed E-state index contributed by atoms with van der Waals surface area (Å²) in [5.74, 6) is 1.01. The zero-order valence-electron chi connectivity index (χ0n) is 15.7. The number of nitrogens with one attached hydrogen (secondary N) is 1. The zero-order chi connectivity index (χ0) is 18.2. The number of rotatable bonds is 6. The third-order valence-electron chi connectivity index (χ3n) is 4.46. The summed E-state index contributed by atoms with van der Waals surface area (Å²) in [7, 11) is 5.96. The normalized spacial score (nSPS) is 18.5. The molecule has 138 valence electrons. The highest BCUT2D eigenvalue weighted by molar-refractivity contribution is 5.80. The van der Waals surface area contributed by atoms with Crippen molar-refractivity contribution in [3.63, 3.8) is 0 Å². The Morgan fingerprint density at radius 3 is 2.84 bits per heavy atom. The van der Waals surface area contributed by atoms with E-state index in [-0.39, 0.29) is 5.91 Å². The van der Waals surface area contributed by atoms with Gasteiger partial charge in [0, 0.05) is 39.6 Å². The van der Waals surface area contributed by atoms with E-state index in [9.17, 15) is 4.79 Å². The molecule has 1 heterocycles. The number of nitrogens with two attached hydrogens (primary N) is 1. The maximum atomic E-state index is 11.2. The van der Waals surface area contributed by atoms with Crippen molar-refractivity contribution in [2.45, 2.75) is 32.4 Å². The second-order valence-corrected chi connectivity index (χ2v) is 7.08. The molecular weight excluding hydrogens is 314 g/mol. The second kappa shape index (κ2) is 9.42. The van der Waals surface area contributed by atoms with Gasteiger partial charge in [-0.1, -0.05) is 24.3 Å². The Morgan fingerprint density at radius 1 is 1.40 bits per heavy atom. The van der Waals surface area contributed by atoms with Crippen LogP contribution in [0.25, 0.3) is 0 Å². The van der Waals surface area contributed by atoms with E-state index in [1.54, 1.807) is 0 Å². The van der Waals surface area contributed by atoms with Crippen LogP contribution < -0.4 is 11.1 Å². The fraction of sp³-hybridized carbons (Fsp3) is 0.579. The molecule has 1 aliphatic rings. The summed E-state index contributed by atoms with van der Waals surface area (Å²) in [6, 6.07) is 8.61. The van der Waals surface area contributed by atoms with Gasteiger partial charge in [-0.25, -0.2) is 0 Å². The number of nitrogens with zero attached hydrogens (tertiary/aromatic N) is 3. The summed E-state index contributed by atoms with van der Waals surface area (Å²) in [4.78, 5) is 20.0. The van der Waals surface area contributed by atoms with Crippen LogP contribution in [0.3, 0.4) is 0 Å². The van der Waals surface area contributed by atoms with Crippen LogP contribution in [0, 0.1) is 5.92 Å². The van der Waals surface area contributed by atoms with Gasteiger partial charge in [-0.2, -0.15) is 0 Å². The van der Waals surface area contributed by atoms with Gasteiger partial charge in [0.05, 0.1) is 0 Å². The largest absolute Gasteiger partial charge is 0.370 e. The third-order valence-corrected chi connectivity index (χ3v) is 4.46. The molecule has 2 rings (SSSR count). The maximum absolute atomic E-state index is 11.2. The van der Waals surface area contributed by atoms with E-state index in [0.717, 1.165) is 45.0 Å². The number of hydrogen-bond acceptors (Lipinski definition) is 3. The molecule has 1 fully saturated rings. The lowest BCUT2D eigenvalue weighted by atomic mass is 9.95. The predicted molar refractivity (Wildman–Crippen MR) is 102 cm³/mol. The lowest BCUT2D eigenvalue weighted by molar-refractivity contribution is -0.119. The second-order valence-electron chi connectivity index (χ2n) is 7.08. The Bertz CT molecular complexity index is 599. The highest BCUT2D eigenvalue weighted by Crippen LogP contribution is 2.19. The average molecular weight is 345 g/mol. The average Bonchev–Trinajstić information content (AvgIpc) is 2.55. The molecule has 6 nitrogen and oxygen atoms in total. The number of amides is 1. The molecule has 0 bridgehead atoms. The lowest BCUT2D eigenvalue weighted by Gasteiger charge is -2.34. The smallest absolute Gasteiger partial charge is 0.217 e. The number of hydrogen-bond donors (Lipinski definition) is 2. The van der Waals surface area contributed by atoms with Gasteiger partial charge in [-0.05, 0) is 44.0 Å². The molecule has 0 aromatic heterocycles. The number of likely N-dealkylation sites (tertiary alicyclic amines) is 1. The molecule has 0 radical (unpaired) electrons. The molecule has 1 atom stereocenters. The minimum atomic E-state index is -0.215. The van der Waals surface area contributed by atoms with Gasteiger partial charge in [0.15, 0.2) is 5.96 Å². The van der Waals surface area contributed by atoms with Gasteiger partial charge in [-0.15, -0.1) is 0 Å². The first kappa shape index (κ1) is 19.2. The van der Waals surface area contributed by atoms with E-state index in [4.69, 9.17) is 5.73 Å². The van der Waals surface area contributed by atoms with Gasteiger partial charge in [0.25, 0.3) is 0 Å². The van der Waals surface area contributed by atoms with E-state index in [1.807, 2.05) is 7.05 Å². The molecule has 1 aromatic rings. The topological polar surface area (TPSA) is 74.0 Å². The van der Waals surface area contributed by atoms with Gasteiger partial charge < -0.3 is 20.9 Å². The van der Waals surface area contributed by atoms with E-state index < -0.39 is 0 Å². The Balaban J connectivity index is 1.92.